The number of halogens is 9. The van der Waals surface area contributed by atoms with Gasteiger partial charge in [0.05, 0.1) is 30.2 Å². The molecule has 8 aliphatic rings. The number of fused-ring (bicyclic) bond motifs is 6. The normalized spacial score (nSPS) is 26.5. The number of nitrogens with two attached hydrogens (primary N) is 3. The SMILES string of the molecule is CC(=O)N(C)CC(=O)N1[C@@H]2CC[C@H]1CC([C@H](N)Cc1cc(F)c(F)cc1F)C2.CN(CC(=O)N1[C@@H]2CC[C@H]1CC([C@H](N)Cc1cc(F)c(F)cc1F)C2)S(=O)(=O)C1CC1.N[C@H](Cc1cc(F)c(F)cc1F)C1C[C@H]2CC[C@@H](C1)N2C(=O)[C@H](CO)NS(=O)(=O)C1CC1. The molecule has 0 spiro atoms. The van der Waals surface area contributed by atoms with Crippen LogP contribution in [0.5, 0.6) is 0 Å². The number of hydrogen-bond donors (Lipinski definition) is 5. The predicted molar refractivity (Wildman–Crippen MR) is 317 cm³/mol. The second kappa shape index (κ2) is 28.7. The van der Waals surface area contributed by atoms with E-state index in [4.69, 9.17) is 17.2 Å². The number of likely N-dealkylation sites (N-methyl/N-ethyl adjacent to an activating group) is 2. The van der Waals surface area contributed by atoms with Gasteiger partial charge in [0.15, 0.2) is 34.9 Å². The van der Waals surface area contributed by atoms with Crippen molar-refractivity contribution < 1.29 is 80.6 Å². The highest BCUT2D eigenvalue weighted by atomic mass is 32.2. The Labute approximate surface area is 524 Å². The van der Waals surface area contributed by atoms with Gasteiger partial charge in [0.2, 0.25) is 43.7 Å². The van der Waals surface area contributed by atoms with E-state index in [0.717, 1.165) is 61.0 Å². The lowest BCUT2D eigenvalue weighted by atomic mass is 9.82. The molecule has 13 atom stereocenters. The molecule has 8 fully saturated rings. The summed E-state index contributed by atoms with van der Waals surface area (Å²) in [6.07, 6.45) is 11.2. The number of sulfonamides is 2. The van der Waals surface area contributed by atoms with Gasteiger partial charge in [0, 0.05) is 93.6 Å². The molecule has 4 amide bonds. The summed E-state index contributed by atoms with van der Waals surface area (Å²) < 4.78 is 174. The van der Waals surface area contributed by atoms with Gasteiger partial charge >= 0.3 is 0 Å². The summed E-state index contributed by atoms with van der Waals surface area (Å²) >= 11 is 0. The maximum atomic E-state index is 14.0. The lowest BCUT2D eigenvalue weighted by molar-refractivity contribution is -0.142. The molecular weight excluding hydrogens is 1250 g/mol. The van der Waals surface area contributed by atoms with Gasteiger partial charge in [-0.2, -0.15) is 4.31 Å². The number of aliphatic hydroxyl groups is 1. The zero-order valence-electron chi connectivity index (χ0n) is 51.1. The minimum atomic E-state index is -3.64. The predicted octanol–water partition coefficient (Wildman–Crippen LogP) is 5.57. The summed E-state index contributed by atoms with van der Waals surface area (Å²) in [6, 6.07) is 1.30. The van der Waals surface area contributed by atoms with Crippen molar-refractivity contribution in [3.63, 3.8) is 0 Å². The zero-order valence-corrected chi connectivity index (χ0v) is 52.7. The lowest BCUT2D eigenvalue weighted by Crippen LogP contribution is -2.57. The van der Waals surface area contributed by atoms with Crippen LogP contribution < -0.4 is 21.9 Å². The van der Waals surface area contributed by atoms with E-state index in [9.17, 15) is 80.6 Å². The van der Waals surface area contributed by atoms with Crippen molar-refractivity contribution in [2.45, 2.75) is 200 Å². The molecule has 18 nitrogen and oxygen atoms in total. The number of rotatable bonds is 20. The largest absolute Gasteiger partial charge is 0.394 e. The molecule has 504 valence electrons. The number of amides is 4. The molecular formula is C62H82F9N9O9S2. The summed E-state index contributed by atoms with van der Waals surface area (Å²) in [5.74, 6) is -10.3. The fourth-order valence-electron chi connectivity index (χ4n) is 14.7. The van der Waals surface area contributed by atoms with E-state index < -0.39 is 114 Å². The van der Waals surface area contributed by atoms with Crippen molar-refractivity contribution >= 4 is 43.7 Å². The molecule has 3 aromatic rings. The first-order chi connectivity index (χ1) is 42.8. The van der Waals surface area contributed by atoms with Crippen LogP contribution >= 0.6 is 0 Å². The van der Waals surface area contributed by atoms with Gasteiger partial charge in [0.25, 0.3) is 0 Å². The summed E-state index contributed by atoms with van der Waals surface area (Å²) in [4.78, 5) is 56.7. The van der Waals surface area contributed by atoms with Crippen molar-refractivity contribution in [1.29, 1.82) is 0 Å². The van der Waals surface area contributed by atoms with Crippen LogP contribution in [0.3, 0.4) is 0 Å². The van der Waals surface area contributed by atoms with E-state index >= 15 is 0 Å². The molecule has 2 aliphatic carbocycles. The molecule has 6 aliphatic heterocycles. The third-order valence-corrected chi connectivity index (χ3v) is 24.3. The number of nitrogens with one attached hydrogen (secondary N) is 1. The van der Waals surface area contributed by atoms with Crippen molar-refractivity contribution in [1.82, 2.24) is 28.6 Å². The molecule has 0 aromatic heterocycles. The zero-order chi connectivity index (χ0) is 66.3. The molecule has 6 heterocycles. The highest BCUT2D eigenvalue weighted by Gasteiger charge is 2.50. The summed E-state index contributed by atoms with van der Waals surface area (Å²) in [6.45, 7) is 0.686. The van der Waals surface area contributed by atoms with Crippen LogP contribution in [0.1, 0.15) is 126 Å². The Balaban J connectivity index is 0.000000162. The van der Waals surface area contributed by atoms with E-state index in [-0.39, 0.29) is 126 Å². The number of piperidine rings is 3. The summed E-state index contributed by atoms with van der Waals surface area (Å²) in [5, 5.41) is 8.81. The Kier molecular flexibility index (Phi) is 22.0. The topological polar surface area (TPSA) is 263 Å². The van der Waals surface area contributed by atoms with Crippen molar-refractivity contribution in [2.24, 2.45) is 35.0 Å². The molecule has 6 saturated heterocycles. The molecule has 2 saturated carbocycles. The summed E-state index contributed by atoms with van der Waals surface area (Å²) in [7, 11) is -4.00. The molecule has 8 N–H and O–H groups in total. The minimum absolute atomic E-state index is 0.0112. The van der Waals surface area contributed by atoms with Crippen LogP contribution in [-0.2, 0) is 58.5 Å². The molecule has 11 rings (SSSR count). The highest BCUT2D eigenvalue weighted by Crippen LogP contribution is 2.44. The van der Waals surface area contributed by atoms with Crippen LogP contribution in [-0.4, -0.2) is 174 Å². The van der Waals surface area contributed by atoms with Crippen LogP contribution in [0.2, 0.25) is 0 Å². The Morgan fingerprint density at radius 1 is 0.495 bits per heavy atom. The molecule has 6 bridgehead atoms. The number of hydrogen-bond acceptors (Lipinski definition) is 12. The first kappa shape index (κ1) is 69.9. The van der Waals surface area contributed by atoms with Crippen LogP contribution in [0.15, 0.2) is 36.4 Å². The van der Waals surface area contributed by atoms with Gasteiger partial charge in [-0.25, -0.2) is 61.1 Å². The van der Waals surface area contributed by atoms with Crippen LogP contribution in [0, 0.1) is 70.1 Å². The van der Waals surface area contributed by atoms with E-state index in [0.29, 0.717) is 82.4 Å². The van der Waals surface area contributed by atoms with Gasteiger partial charge in [-0.3, -0.25) is 19.2 Å². The van der Waals surface area contributed by atoms with E-state index in [2.05, 4.69) is 4.72 Å². The van der Waals surface area contributed by atoms with Gasteiger partial charge in [-0.05, 0) is 175 Å². The minimum Gasteiger partial charge on any atom is -0.394 e. The average molecular weight is 1330 g/mol. The van der Waals surface area contributed by atoms with Crippen molar-refractivity contribution in [3.8, 4) is 0 Å². The molecule has 0 radical (unpaired) electrons. The fraction of sp³-hybridized carbons (Fsp3) is 0.645. The average Bonchev–Trinajstić information content (AvgIpc) is 1.71. The second-order valence-corrected chi connectivity index (χ2v) is 30.7. The van der Waals surface area contributed by atoms with E-state index in [1.807, 2.05) is 4.90 Å². The van der Waals surface area contributed by atoms with Crippen molar-refractivity contribution in [3.05, 3.63) is 105 Å². The van der Waals surface area contributed by atoms with E-state index in [1.165, 1.54) is 18.9 Å². The second-order valence-electron chi connectivity index (χ2n) is 26.3. The molecule has 3 unspecified atom stereocenters. The maximum absolute atomic E-state index is 14.0. The van der Waals surface area contributed by atoms with Gasteiger partial charge in [0.1, 0.15) is 23.5 Å². The van der Waals surface area contributed by atoms with Gasteiger partial charge in [-0.1, -0.05) is 0 Å². The number of aliphatic hydroxyl groups excluding tert-OH is 1. The van der Waals surface area contributed by atoms with E-state index in [1.54, 1.807) is 16.8 Å². The Bertz CT molecular complexity index is 3390. The highest BCUT2D eigenvalue weighted by molar-refractivity contribution is 7.90. The fourth-order valence-corrected chi connectivity index (χ4v) is 17.8. The first-order valence-electron chi connectivity index (χ1n) is 31.3. The monoisotopic (exact) mass is 1330 g/mol. The maximum Gasteiger partial charge on any atom is 0.243 e. The Morgan fingerprint density at radius 3 is 1.11 bits per heavy atom. The quantitative estimate of drug-likeness (QED) is 0.0687. The number of nitrogens with zero attached hydrogens (tertiary/aromatic N) is 5. The smallest absolute Gasteiger partial charge is 0.243 e. The third kappa shape index (κ3) is 16.2. The molecule has 91 heavy (non-hydrogen) atoms. The standard InChI is InChI=1S/C21H28F3N3O4S.C21H28F3N3O3S.C20H26F3N3O2/c22-16-9-18(24)17(23)7-11(16)8-19(25)12-5-13-1-2-14(6-12)27(13)21(29)20(10-28)26-32(30,31)15-3-4-15;1-26(31(29,30)16-4-5-16)11-21(28)27-14-2-3-15(27)7-13(6-14)20(25)9-12-8-18(23)19(24)10-17(12)22;1-11(27)25(2)10-20(28)26-14-3-4-15(26)6-13(5-14)19(24)8-12-7-17(22)18(23)9-16(12)21/h7,9,12-15,19-20,26,28H,1-6,8,10,25H2;8,10,13-16,20H,2-7,9,11,25H2,1H3;7,9,13-15,19H,3-6,8,10,24H2,1-2H3/t12?,13-,14+,19-,20+;13?,14-,15+,20-;13?,14-,15+,19-/m111/s1. The third-order valence-electron chi connectivity index (χ3n) is 20.0. The number of carbonyl (C=O) groups excluding carboxylic acids is 4. The molecule has 29 heteroatoms. The van der Waals surface area contributed by atoms with Gasteiger partial charge < -0.3 is 41.9 Å². The Hall–Kier alpha value is -5.43. The van der Waals surface area contributed by atoms with Gasteiger partial charge in [-0.15, -0.1) is 0 Å². The van der Waals surface area contributed by atoms with Crippen LogP contribution in [0.25, 0.3) is 0 Å². The Morgan fingerprint density at radius 2 is 0.802 bits per heavy atom. The number of carbonyl (C=O) groups is 4. The summed E-state index contributed by atoms with van der Waals surface area (Å²) in [5.41, 5.74) is 19.0. The first-order valence-corrected chi connectivity index (χ1v) is 34.3. The molecule has 3 aromatic carbocycles. The van der Waals surface area contributed by atoms with Crippen molar-refractivity contribution in [2.75, 3.05) is 33.8 Å². The van der Waals surface area contributed by atoms with Crippen LogP contribution in [0.4, 0.5) is 39.5 Å². The lowest BCUT2D eigenvalue weighted by Gasteiger charge is -2.42. The number of benzene rings is 3.